The number of rotatable bonds is 5. The highest BCUT2D eigenvalue weighted by Crippen LogP contribution is 2.22. The van der Waals surface area contributed by atoms with Crippen LogP contribution in [0.25, 0.3) is 6.08 Å². The first-order valence-corrected chi connectivity index (χ1v) is 11.1. The molecule has 2 aliphatic heterocycles. The second kappa shape index (κ2) is 10.4. The molecule has 0 bridgehead atoms. The van der Waals surface area contributed by atoms with Gasteiger partial charge in [0.25, 0.3) is 0 Å². The van der Waals surface area contributed by atoms with E-state index in [1.807, 2.05) is 0 Å². The molecule has 34 heavy (non-hydrogen) atoms. The monoisotopic (exact) mass is 491 g/mol. The van der Waals surface area contributed by atoms with Gasteiger partial charge in [0.15, 0.2) is 0 Å². The summed E-state index contributed by atoms with van der Waals surface area (Å²) in [7, 11) is 0. The summed E-state index contributed by atoms with van der Waals surface area (Å²) in [6.45, 7) is 0.671. The number of fused-ring (bicyclic) bond motifs is 1. The molecule has 2 atom stereocenters. The normalized spacial score (nSPS) is 19.2. The van der Waals surface area contributed by atoms with Gasteiger partial charge in [0, 0.05) is 25.3 Å². The van der Waals surface area contributed by atoms with Crippen molar-refractivity contribution in [3.05, 3.63) is 75.9 Å². The van der Waals surface area contributed by atoms with Gasteiger partial charge in [-0.05, 0) is 47.4 Å². The Kier molecular flexibility index (Phi) is 7.30. The molecule has 4 N–H and O–H groups in total. The van der Waals surface area contributed by atoms with Crippen molar-refractivity contribution in [1.82, 2.24) is 20.6 Å². The zero-order valence-electron chi connectivity index (χ0n) is 18.1. The van der Waals surface area contributed by atoms with E-state index in [4.69, 9.17) is 22.2 Å². The number of nitrogens with zero attached hydrogens (tertiary/aromatic N) is 2. The number of benzene rings is 2. The van der Waals surface area contributed by atoms with Crippen LogP contribution < -0.4 is 16.5 Å². The number of hydroxylamine groups is 1. The molecule has 2 aromatic rings. The summed E-state index contributed by atoms with van der Waals surface area (Å²) < 4.78 is 26.9. The van der Waals surface area contributed by atoms with Gasteiger partial charge in [0.1, 0.15) is 11.6 Å². The molecule has 8 nitrogen and oxygen atoms in total. The number of nitrogens with one attached hydrogen (secondary N) is 2. The van der Waals surface area contributed by atoms with E-state index in [-0.39, 0.29) is 42.6 Å². The van der Waals surface area contributed by atoms with Gasteiger partial charge >= 0.3 is 12.1 Å². The summed E-state index contributed by atoms with van der Waals surface area (Å²) in [6, 6.07) is 7.27. The van der Waals surface area contributed by atoms with Crippen molar-refractivity contribution in [3.63, 3.8) is 0 Å². The van der Waals surface area contributed by atoms with Crippen LogP contribution in [0.5, 0.6) is 0 Å². The summed E-state index contributed by atoms with van der Waals surface area (Å²) in [5, 5.41) is 2.68. The first kappa shape index (κ1) is 23.9. The van der Waals surface area contributed by atoms with Gasteiger partial charge in [-0.25, -0.2) is 23.9 Å². The van der Waals surface area contributed by atoms with Crippen molar-refractivity contribution < 1.29 is 23.2 Å². The second-order valence-corrected chi connectivity index (χ2v) is 8.56. The number of carbonyl (C=O) groups is 2. The third-order valence-corrected chi connectivity index (χ3v) is 6.17. The van der Waals surface area contributed by atoms with E-state index < -0.39 is 17.9 Å². The smallest absolute Gasteiger partial charge is 0.334 e. The lowest BCUT2D eigenvalue weighted by Gasteiger charge is -2.26. The summed E-state index contributed by atoms with van der Waals surface area (Å²) in [5.41, 5.74) is 10.4. The van der Waals surface area contributed by atoms with Crippen LogP contribution in [0.15, 0.2) is 42.6 Å². The molecule has 0 aliphatic carbocycles. The first-order chi connectivity index (χ1) is 16.3. The number of hydrogen-bond acceptors (Lipinski definition) is 4. The molecule has 0 unspecified atom stereocenters. The predicted octanol–water partition coefficient (Wildman–Crippen LogP) is 3.36. The lowest BCUT2D eigenvalue weighted by atomic mass is 10.0. The molecule has 0 saturated carbocycles. The highest BCUT2D eigenvalue weighted by atomic mass is 35.5. The van der Waals surface area contributed by atoms with Crippen molar-refractivity contribution in [2.75, 3.05) is 13.2 Å². The van der Waals surface area contributed by atoms with Gasteiger partial charge in [-0.1, -0.05) is 29.8 Å². The van der Waals surface area contributed by atoms with Crippen LogP contribution in [-0.4, -0.2) is 47.1 Å². The van der Waals surface area contributed by atoms with Crippen molar-refractivity contribution in [2.45, 2.75) is 31.6 Å². The fraction of sp³-hybridized carbons (Fsp3) is 0.304. The molecule has 1 saturated heterocycles. The predicted molar refractivity (Wildman–Crippen MR) is 122 cm³/mol. The Balaban J connectivity index is 1.27. The van der Waals surface area contributed by atoms with Gasteiger partial charge in [-0.2, -0.15) is 0 Å². The minimum atomic E-state index is -0.558. The number of amides is 4. The number of hydrogen-bond donors (Lipinski definition) is 3. The zero-order chi connectivity index (χ0) is 24.2. The van der Waals surface area contributed by atoms with Crippen LogP contribution in [-0.2, 0) is 17.9 Å². The summed E-state index contributed by atoms with van der Waals surface area (Å²) in [6.07, 6.45) is 3.68. The van der Waals surface area contributed by atoms with Crippen molar-refractivity contribution in [3.8, 4) is 0 Å². The molecule has 0 radical (unpaired) electrons. The molecular formula is C23H24ClF2N5O3. The number of likely N-dealkylation sites (tertiary alicyclic amines) is 1. The summed E-state index contributed by atoms with van der Waals surface area (Å²) in [4.78, 5) is 33.4. The Labute approximate surface area is 200 Å². The van der Waals surface area contributed by atoms with Crippen LogP contribution in [0.4, 0.5) is 18.4 Å². The Morgan fingerprint density at radius 3 is 2.85 bits per heavy atom. The minimum absolute atomic E-state index is 0.0347. The lowest BCUT2D eigenvalue weighted by molar-refractivity contribution is 0.0252. The van der Waals surface area contributed by atoms with Gasteiger partial charge in [-0.15, -0.1) is 0 Å². The van der Waals surface area contributed by atoms with E-state index in [0.29, 0.717) is 24.1 Å². The van der Waals surface area contributed by atoms with Crippen LogP contribution in [0, 0.1) is 11.6 Å². The van der Waals surface area contributed by atoms with E-state index in [2.05, 4.69) is 10.8 Å². The molecule has 2 aliphatic rings. The zero-order valence-corrected chi connectivity index (χ0v) is 18.9. The van der Waals surface area contributed by atoms with E-state index in [1.165, 1.54) is 34.1 Å². The molecule has 4 amide bonds. The number of carbonyl (C=O) groups excluding carboxylic acids is 2. The Hall–Kier alpha value is -3.21. The van der Waals surface area contributed by atoms with Crippen molar-refractivity contribution >= 4 is 29.7 Å². The van der Waals surface area contributed by atoms with E-state index >= 15 is 0 Å². The quantitative estimate of drug-likeness (QED) is 0.558. The minimum Gasteiger partial charge on any atom is -0.334 e. The van der Waals surface area contributed by atoms with Crippen molar-refractivity contribution in [1.29, 1.82) is 0 Å². The third-order valence-electron chi connectivity index (χ3n) is 5.75. The van der Waals surface area contributed by atoms with E-state index in [1.54, 1.807) is 24.4 Å². The molecule has 0 aromatic heterocycles. The van der Waals surface area contributed by atoms with E-state index in [0.717, 1.165) is 5.56 Å². The maximum atomic E-state index is 13.6. The molecule has 11 heteroatoms. The maximum absolute atomic E-state index is 13.6. The molecule has 1 fully saturated rings. The van der Waals surface area contributed by atoms with Crippen LogP contribution in [0.1, 0.15) is 23.1 Å². The highest BCUT2D eigenvalue weighted by molar-refractivity contribution is 6.31. The number of halogens is 3. The van der Waals surface area contributed by atoms with Crippen LogP contribution >= 0.6 is 11.6 Å². The number of urea groups is 2. The molecular weight excluding hydrogens is 468 g/mol. The number of nitrogens with two attached hydrogens (primary N) is 1. The van der Waals surface area contributed by atoms with Gasteiger partial charge < -0.3 is 16.0 Å². The van der Waals surface area contributed by atoms with Crippen molar-refractivity contribution in [2.24, 2.45) is 5.73 Å². The summed E-state index contributed by atoms with van der Waals surface area (Å²) in [5.74, 6) is -0.898. The highest BCUT2D eigenvalue weighted by Gasteiger charge is 2.34. The molecule has 2 aromatic carbocycles. The molecule has 0 spiro atoms. The fourth-order valence-corrected chi connectivity index (χ4v) is 4.18. The lowest BCUT2D eigenvalue weighted by Crippen LogP contribution is -2.46. The average molecular weight is 492 g/mol. The maximum Gasteiger partial charge on any atom is 0.345 e. The van der Waals surface area contributed by atoms with Gasteiger partial charge in [-0.3, -0.25) is 9.74 Å². The molecule has 2 heterocycles. The van der Waals surface area contributed by atoms with Gasteiger partial charge in [0.05, 0.1) is 24.2 Å². The van der Waals surface area contributed by atoms with Crippen LogP contribution in [0.3, 0.4) is 0 Å². The molecule has 4 rings (SSSR count). The van der Waals surface area contributed by atoms with E-state index in [9.17, 15) is 18.4 Å². The topological polar surface area (TPSA) is 99.9 Å². The largest absolute Gasteiger partial charge is 0.345 e. The molecule has 180 valence electrons. The first-order valence-electron chi connectivity index (χ1n) is 10.7. The van der Waals surface area contributed by atoms with Crippen LogP contribution in [0.2, 0.25) is 5.02 Å². The fourth-order valence-electron chi connectivity index (χ4n) is 3.99. The average Bonchev–Trinajstić information content (AvgIpc) is 3.19. The standard InChI is InChI=1S/C23H24ClF2N5O3/c24-21-15(2-1-3-20(21)26)10-28-22(32)31-12-18(27)9-19(31)13-34-29-23(33)30-7-6-14-8-17(25)5-4-16(14)11-30/h1-8,18-19H,9-13,27H2,(H,28,32)(H,29,33)/t18-,19+/m1/s1. The van der Waals surface area contributed by atoms with Gasteiger partial charge in [0.2, 0.25) is 0 Å². The SMILES string of the molecule is N[C@@H]1C[C@@H](CONC(=O)N2C=Cc3cc(F)ccc3C2)N(C(=O)NCc2cccc(F)c2Cl)C1. The second-order valence-electron chi connectivity index (χ2n) is 8.18. The Bertz CT molecular complexity index is 1120. The Morgan fingerprint density at radius 1 is 1.21 bits per heavy atom. The Morgan fingerprint density at radius 2 is 2.03 bits per heavy atom. The summed E-state index contributed by atoms with van der Waals surface area (Å²) >= 11 is 5.94. The third kappa shape index (κ3) is 5.46.